The topological polar surface area (TPSA) is 57.6 Å². The van der Waals surface area contributed by atoms with Gasteiger partial charge in [-0.15, -0.1) is 0 Å². The third-order valence-electron chi connectivity index (χ3n) is 4.28. The summed E-state index contributed by atoms with van der Waals surface area (Å²) < 4.78 is 0. The van der Waals surface area contributed by atoms with E-state index in [1.807, 2.05) is 13.8 Å². The van der Waals surface area contributed by atoms with Crippen molar-refractivity contribution in [2.24, 2.45) is 11.3 Å². The summed E-state index contributed by atoms with van der Waals surface area (Å²) in [6.07, 6.45) is 4.33. The number of nitrogens with zero attached hydrogens (tertiary/aromatic N) is 1. The standard InChI is InChI=1S/C15H27NO3/c1-11(2)16(10-8-13(17)18)14(19)12-7-5-6-9-15(12,3)4/h11-12H,5-10H2,1-4H3,(H,17,18). The Bertz CT molecular complexity index is 336. The Morgan fingerprint density at radius 3 is 2.42 bits per heavy atom. The molecule has 1 aliphatic carbocycles. The lowest BCUT2D eigenvalue weighted by molar-refractivity contribution is -0.144. The first-order valence-electron chi connectivity index (χ1n) is 7.28. The number of aliphatic carboxylic acids is 1. The van der Waals surface area contributed by atoms with Crippen molar-refractivity contribution >= 4 is 11.9 Å². The maximum absolute atomic E-state index is 12.7. The maximum atomic E-state index is 12.7. The van der Waals surface area contributed by atoms with Crippen LogP contribution in [0.4, 0.5) is 0 Å². The highest BCUT2D eigenvalue weighted by Crippen LogP contribution is 2.41. The second kappa shape index (κ2) is 6.40. The smallest absolute Gasteiger partial charge is 0.305 e. The molecule has 0 saturated heterocycles. The second-order valence-corrected chi connectivity index (χ2v) is 6.56. The number of hydrogen-bond donors (Lipinski definition) is 1. The zero-order valence-corrected chi connectivity index (χ0v) is 12.6. The summed E-state index contributed by atoms with van der Waals surface area (Å²) in [5.41, 5.74) is 0.0334. The molecule has 1 amide bonds. The fraction of sp³-hybridized carbons (Fsp3) is 0.867. The first-order valence-corrected chi connectivity index (χ1v) is 7.28. The van der Waals surface area contributed by atoms with Gasteiger partial charge >= 0.3 is 5.97 Å². The molecule has 4 heteroatoms. The van der Waals surface area contributed by atoms with E-state index in [1.165, 1.54) is 6.42 Å². The molecular weight excluding hydrogens is 242 g/mol. The lowest BCUT2D eigenvalue weighted by atomic mass is 9.68. The number of carbonyl (C=O) groups is 2. The van der Waals surface area contributed by atoms with Gasteiger partial charge in [-0.25, -0.2) is 0 Å². The fourth-order valence-electron chi connectivity index (χ4n) is 2.99. The van der Waals surface area contributed by atoms with E-state index in [-0.39, 0.29) is 29.7 Å². The van der Waals surface area contributed by atoms with Gasteiger partial charge in [0, 0.05) is 18.5 Å². The van der Waals surface area contributed by atoms with Crippen LogP contribution < -0.4 is 0 Å². The monoisotopic (exact) mass is 269 g/mol. The number of rotatable bonds is 5. The Morgan fingerprint density at radius 2 is 1.95 bits per heavy atom. The SMILES string of the molecule is CC(C)N(CCC(=O)O)C(=O)C1CCCCC1(C)C. The van der Waals surface area contributed by atoms with E-state index in [1.54, 1.807) is 4.90 Å². The van der Waals surface area contributed by atoms with Crippen LogP contribution in [-0.4, -0.2) is 34.5 Å². The van der Waals surface area contributed by atoms with E-state index in [0.717, 1.165) is 19.3 Å². The molecule has 1 rings (SSSR count). The van der Waals surface area contributed by atoms with Gasteiger partial charge in [0.15, 0.2) is 0 Å². The minimum atomic E-state index is -0.846. The molecule has 0 aliphatic heterocycles. The van der Waals surface area contributed by atoms with Crippen LogP contribution in [0, 0.1) is 11.3 Å². The molecule has 19 heavy (non-hydrogen) atoms. The summed E-state index contributed by atoms with van der Waals surface area (Å²) in [5, 5.41) is 8.80. The highest BCUT2D eigenvalue weighted by atomic mass is 16.4. The lowest BCUT2D eigenvalue weighted by Gasteiger charge is -2.41. The average molecular weight is 269 g/mol. The van der Waals surface area contributed by atoms with Crippen LogP contribution in [0.1, 0.15) is 59.8 Å². The van der Waals surface area contributed by atoms with Gasteiger partial charge in [-0.2, -0.15) is 0 Å². The Hall–Kier alpha value is -1.06. The van der Waals surface area contributed by atoms with Crippen LogP contribution in [0.5, 0.6) is 0 Å². The van der Waals surface area contributed by atoms with Gasteiger partial charge in [0.25, 0.3) is 0 Å². The highest BCUT2D eigenvalue weighted by Gasteiger charge is 2.39. The summed E-state index contributed by atoms with van der Waals surface area (Å²) in [7, 11) is 0. The molecule has 0 bridgehead atoms. The van der Waals surface area contributed by atoms with E-state index in [2.05, 4.69) is 13.8 Å². The van der Waals surface area contributed by atoms with Gasteiger partial charge < -0.3 is 10.0 Å². The van der Waals surface area contributed by atoms with E-state index in [0.29, 0.717) is 6.54 Å². The highest BCUT2D eigenvalue weighted by molar-refractivity contribution is 5.80. The Kier molecular flexibility index (Phi) is 5.39. The summed E-state index contributed by atoms with van der Waals surface area (Å²) in [4.78, 5) is 25.2. The lowest BCUT2D eigenvalue weighted by Crippen LogP contribution is -2.47. The van der Waals surface area contributed by atoms with Crippen LogP contribution in [0.15, 0.2) is 0 Å². The number of amides is 1. The normalized spacial score (nSPS) is 22.3. The molecule has 1 N–H and O–H groups in total. The molecule has 0 radical (unpaired) electrons. The molecule has 1 atom stereocenters. The zero-order chi connectivity index (χ0) is 14.6. The van der Waals surface area contributed by atoms with Crippen molar-refractivity contribution in [2.75, 3.05) is 6.54 Å². The van der Waals surface area contributed by atoms with E-state index < -0.39 is 5.97 Å². The van der Waals surface area contributed by atoms with Gasteiger partial charge in [-0.1, -0.05) is 26.7 Å². The van der Waals surface area contributed by atoms with Gasteiger partial charge in [-0.05, 0) is 32.1 Å². The first-order chi connectivity index (χ1) is 8.75. The van der Waals surface area contributed by atoms with Crippen LogP contribution >= 0.6 is 0 Å². The number of carbonyl (C=O) groups excluding carboxylic acids is 1. The van der Waals surface area contributed by atoms with Crippen molar-refractivity contribution in [1.82, 2.24) is 4.90 Å². The van der Waals surface area contributed by atoms with Crippen molar-refractivity contribution in [3.8, 4) is 0 Å². The van der Waals surface area contributed by atoms with Crippen LogP contribution in [0.3, 0.4) is 0 Å². The minimum Gasteiger partial charge on any atom is -0.481 e. The minimum absolute atomic E-state index is 0.0249. The van der Waals surface area contributed by atoms with Gasteiger partial charge in [0.2, 0.25) is 5.91 Å². The van der Waals surface area contributed by atoms with Crippen molar-refractivity contribution in [3.63, 3.8) is 0 Å². The van der Waals surface area contributed by atoms with Crippen molar-refractivity contribution in [3.05, 3.63) is 0 Å². The molecule has 0 aromatic heterocycles. The van der Waals surface area contributed by atoms with Crippen LogP contribution in [0.2, 0.25) is 0 Å². The largest absolute Gasteiger partial charge is 0.481 e. The number of hydrogen-bond acceptors (Lipinski definition) is 2. The number of carboxylic acid groups (broad SMARTS) is 1. The molecule has 1 unspecified atom stereocenters. The summed E-state index contributed by atoms with van der Waals surface area (Å²) >= 11 is 0. The zero-order valence-electron chi connectivity index (χ0n) is 12.6. The molecule has 0 aromatic carbocycles. The van der Waals surface area contributed by atoms with Gasteiger partial charge in [-0.3, -0.25) is 9.59 Å². The molecule has 0 heterocycles. The third kappa shape index (κ3) is 4.22. The number of carboxylic acids is 1. The van der Waals surface area contributed by atoms with Crippen LogP contribution in [0.25, 0.3) is 0 Å². The summed E-state index contributed by atoms with van der Waals surface area (Å²) in [6, 6.07) is 0.0598. The van der Waals surface area contributed by atoms with E-state index in [4.69, 9.17) is 5.11 Å². The molecule has 4 nitrogen and oxygen atoms in total. The molecule has 110 valence electrons. The third-order valence-corrected chi connectivity index (χ3v) is 4.28. The quantitative estimate of drug-likeness (QED) is 0.835. The molecule has 1 aliphatic rings. The van der Waals surface area contributed by atoms with Gasteiger partial charge in [0.1, 0.15) is 0 Å². The summed E-state index contributed by atoms with van der Waals surface area (Å²) in [5.74, 6) is -0.667. The Morgan fingerprint density at radius 1 is 1.32 bits per heavy atom. The maximum Gasteiger partial charge on any atom is 0.305 e. The van der Waals surface area contributed by atoms with Crippen molar-refractivity contribution in [1.29, 1.82) is 0 Å². The first kappa shape index (κ1) is 16.0. The van der Waals surface area contributed by atoms with Gasteiger partial charge in [0.05, 0.1) is 6.42 Å². The Balaban J connectivity index is 2.77. The molecule has 0 spiro atoms. The molecule has 1 fully saturated rings. The predicted octanol–water partition coefficient (Wildman–Crippen LogP) is 2.91. The average Bonchev–Trinajstić information content (AvgIpc) is 2.27. The van der Waals surface area contributed by atoms with Crippen molar-refractivity contribution in [2.45, 2.75) is 65.8 Å². The summed E-state index contributed by atoms with van der Waals surface area (Å²) in [6.45, 7) is 8.54. The molecule has 1 saturated carbocycles. The molecular formula is C15H27NO3. The van der Waals surface area contributed by atoms with E-state index >= 15 is 0 Å². The fourth-order valence-corrected chi connectivity index (χ4v) is 2.99. The van der Waals surface area contributed by atoms with Crippen molar-refractivity contribution < 1.29 is 14.7 Å². The van der Waals surface area contributed by atoms with E-state index in [9.17, 15) is 9.59 Å². The molecule has 0 aromatic rings. The van der Waals surface area contributed by atoms with Crippen LogP contribution in [-0.2, 0) is 9.59 Å². The second-order valence-electron chi connectivity index (χ2n) is 6.56. The predicted molar refractivity (Wildman–Crippen MR) is 74.8 cm³/mol. The Labute approximate surface area is 116 Å².